The molecule has 1 aromatic rings. The fourth-order valence-corrected chi connectivity index (χ4v) is 3.89. The van der Waals surface area contributed by atoms with Crippen molar-refractivity contribution in [2.45, 2.75) is 12.8 Å². The van der Waals surface area contributed by atoms with E-state index in [0.717, 1.165) is 0 Å². The van der Waals surface area contributed by atoms with Gasteiger partial charge < -0.3 is 14.8 Å². The number of piperidine rings is 1. The molecule has 8 nitrogen and oxygen atoms in total. The van der Waals surface area contributed by atoms with Crippen LogP contribution in [-0.4, -0.2) is 70.4 Å². The fraction of sp³-hybridized carbons (Fsp3) is 0.588. The fourth-order valence-electron chi connectivity index (χ4n) is 2.76. The Balaban J connectivity index is 1.71. The van der Waals surface area contributed by atoms with Gasteiger partial charge in [0.05, 0.1) is 13.7 Å². The Morgan fingerprint density at radius 1 is 1.27 bits per heavy atom. The molecule has 0 bridgehead atoms. The van der Waals surface area contributed by atoms with Gasteiger partial charge in [0, 0.05) is 39.2 Å². The lowest BCUT2D eigenvalue weighted by Gasteiger charge is -2.32. The van der Waals surface area contributed by atoms with Crippen molar-refractivity contribution in [3.8, 4) is 11.5 Å². The average molecular weight is 385 g/mol. The van der Waals surface area contributed by atoms with Crippen LogP contribution in [0.5, 0.6) is 11.5 Å². The van der Waals surface area contributed by atoms with Gasteiger partial charge in [-0.3, -0.25) is 4.79 Å². The van der Waals surface area contributed by atoms with E-state index >= 15 is 0 Å². The molecule has 0 aliphatic carbocycles. The summed E-state index contributed by atoms with van der Waals surface area (Å²) in [6.07, 6.45) is 1.05. The zero-order chi connectivity index (χ0) is 19.2. The van der Waals surface area contributed by atoms with Crippen LogP contribution in [-0.2, 0) is 15.0 Å². The molecule has 0 atom stereocenters. The van der Waals surface area contributed by atoms with Crippen molar-refractivity contribution in [1.29, 1.82) is 0 Å². The number of hydrogen-bond donors (Lipinski definition) is 1. The van der Waals surface area contributed by atoms with Gasteiger partial charge in [0.15, 0.2) is 0 Å². The highest BCUT2D eigenvalue weighted by Crippen LogP contribution is 2.21. The van der Waals surface area contributed by atoms with E-state index in [0.29, 0.717) is 50.6 Å². The minimum absolute atomic E-state index is 0.0545. The monoisotopic (exact) mass is 385 g/mol. The molecule has 1 aromatic carbocycles. The third-order valence-corrected chi connectivity index (χ3v) is 6.26. The molecular weight excluding hydrogens is 358 g/mol. The Labute approximate surface area is 155 Å². The summed E-state index contributed by atoms with van der Waals surface area (Å²) in [4.78, 5) is 12.2. The maximum Gasteiger partial charge on any atom is 0.281 e. The molecule has 2 rings (SSSR count). The summed E-state index contributed by atoms with van der Waals surface area (Å²) in [6.45, 7) is 1.47. The molecule has 0 radical (unpaired) electrons. The molecule has 9 heteroatoms. The molecule has 26 heavy (non-hydrogen) atoms. The van der Waals surface area contributed by atoms with Gasteiger partial charge in [-0.05, 0) is 25.0 Å². The van der Waals surface area contributed by atoms with Crippen molar-refractivity contribution >= 4 is 16.1 Å². The van der Waals surface area contributed by atoms with E-state index in [1.807, 2.05) is 18.2 Å². The van der Waals surface area contributed by atoms with E-state index in [1.54, 1.807) is 13.2 Å². The third-order valence-electron chi connectivity index (χ3n) is 4.32. The zero-order valence-corrected chi connectivity index (χ0v) is 16.3. The predicted octanol–water partition coefficient (Wildman–Crippen LogP) is 0.709. The summed E-state index contributed by atoms with van der Waals surface area (Å²) in [5.74, 6) is 1.17. The van der Waals surface area contributed by atoms with E-state index in [9.17, 15) is 13.2 Å². The molecule has 1 aliphatic heterocycles. The van der Waals surface area contributed by atoms with Crippen molar-refractivity contribution < 1.29 is 22.7 Å². The summed E-state index contributed by atoms with van der Waals surface area (Å²) in [6, 6.07) is 7.27. The Morgan fingerprint density at radius 3 is 2.54 bits per heavy atom. The van der Waals surface area contributed by atoms with Crippen LogP contribution in [0.15, 0.2) is 24.3 Å². The Morgan fingerprint density at radius 2 is 1.92 bits per heavy atom. The molecule has 0 unspecified atom stereocenters. The van der Waals surface area contributed by atoms with Gasteiger partial charge in [-0.2, -0.15) is 17.0 Å². The number of benzene rings is 1. The second-order valence-corrected chi connectivity index (χ2v) is 8.42. The normalized spacial score (nSPS) is 16.5. The number of rotatable bonds is 8. The molecule has 1 heterocycles. The van der Waals surface area contributed by atoms with E-state index in [4.69, 9.17) is 9.47 Å². The van der Waals surface area contributed by atoms with Crippen LogP contribution in [0.25, 0.3) is 0 Å². The van der Waals surface area contributed by atoms with Crippen molar-refractivity contribution in [3.05, 3.63) is 24.3 Å². The minimum Gasteiger partial charge on any atom is -0.497 e. The number of methoxy groups -OCH3 is 1. The van der Waals surface area contributed by atoms with E-state index in [-0.39, 0.29) is 11.8 Å². The highest BCUT2D eigenvalue weighted by Gasteiger charge is 2.31. The van der Waals surface area contributed by atoms with Gasteiger partial charge >= 0.3 is 0 Å². The molecule has 0 aromatic heterocycles. The van der Waals surface area contributed by atoms with E-state index in [1.165, 1.54) is 22.7 Å². The standard InChI is InChI=1S/C17H27N3O5S/c1-19(2)26(22,23)20-10-7-14(8-11-20)17(21)18-9-12-25-16-6-4-5-15(13-16)24-3/h4-6,13-14H,7-12H2,1-3H3,(H,18,21). The molecular formula is C17H27N3O5S. The van der Waals surface area contributed by atoms with Gasteiger partial charge in [0.25, 0.3) is 10.2 Å². The SMILES string of the molecule is COc1cccc(OCCNC(=O)C2CCN(S(=O)(=O)N(C)C)CC2)c1. The second-order valence-electron chi connectivity index (χ2n) is 6.28. The van der Waals surface area contributed by atoms with Crippen molar-refractivity contribution in [2.24, 2.45) is 5.92 Å². The lowest BCUT2D eigenvalue weighted by Crippen LogP contribution is -2.47. The lowest BCUT2D eigenvalue weighted by atomic mass is 9.97. The topological polar surface area (TPSA) is 88.2 Å². The maximum absolute atomic E-state index is 12.2. The predicted molar refractivity (Wildman–Crippen MR) is 98.4 cm³/mol. The molecule has 0 spiro atoms. The Kier molecular flexibility index (Phi) is 7.24. The highest BCUT2D eigenvalue weighted by atomic mass is 32.2. The molecule has 1 aliphatic rings. The summed E-state index contributed by atoms with van der Waals surface area (Å²) in [5.41, 5.74) is 0. The minimum atomic E-state index is -3.40. The smallest absolute Gasteiger partial charge is 0.281 e. The van der Waals surface area contributed by atoms with Gasteiger partial charge in [-0.25, -0.2) is 0 Å². The first-order valence-electron chi connectivity index (χ1n) is 8.56. The Hall–Kier alpha value is -1.84. The van der Waals surface area contributed by atoms with Crippen LogP contribution >= 0.6 is 0 Å². The quantitative estimate of drug-likeness (QED) is 0.666. The van der Waals surface area contributed by atoms with Crippen LogP contribution < -0.4 is 14.8 Å². The summed E-state index contributed by atoms with van der Waals surface area (Å²) in [5, 5.41) is 2.85. The second kappa shape index (κ2) is 9.20. The first-order chi connectivity index (χ1) is 12.3. The molecule has 0 saturated carbocycles. The molecule has 1 saturated heterocycles. The lowest BCUT2D eigenvalue weighted by molar-refractivity contribution is -0.126. The van der Waals surface area contributed by atoms with Gasteiger partial charge in [-0.1, -0.05) is 6.07 Å². The van der Waals surface area contributed by atoms with Crippen molar-refractivity contribution in [1.82, 2.24) is 13.9 Å². The van der Waals surface area contributed by atoms with Crippen molar-refractivity contribution in [3.63, 3.8) is 0 Å². The van der Waals surface area contributed by atoms with Crippen molar-refractivity contribution in [2.75, 3.05) is 47.4 Å². The first-order valence-corrected chi connectivity index (χ1v) is 9.96. The molecule has 1 N–H and O–H groups in total. The van der Waals surface area contributed by atoms with Crippen LogP contribution in [0.3, 0.4) is 0 Å². The number of amides is 1. The Bertz CT molecular complexity index is 700. The molecule has 146 valence electrons. The van der Waals surface area contributed by atoms with Gasteiger partial charge in [-0.15, -0.1) is 0 Å². The summed E-state index contributed by atoms with van der Waals surface area (Å²) in [7, 11) is 1.21. The summed E-state index contributed by atoms with van der Waals surface area (Å²) >= 11 is 0. The third kappa shape index (κ3) is 5.33. The number of ether oxygens (including phenoxy) is 2. The van der Waals surface area contributed by atoms with Crippen LogP contribution in [0.1, 0.15) is 12.8 Å². The van der Waals surface area contributed by atoms with E-state index in [2.05, 4.69) is 5.32 Å². The van der Waals surface area contributed by atoms with Crippen LogP contribution in [0.2, 0.25) is 0 Å². The van der Waals surface area contributed by atoms with Gasteiger partial charge in [0.1, 0.15) is 18.1 Å². The summed E-state index contributed by atoms with van der Waals surface area (Å²) < 4.78 is 37.5. The van der Waals surface area contributed by atoms with E-state index < -0.39 is 10.2 Å². The number of nitrogens with one attached hydrogen (secondary N) is 1. The first kappa shape index (κ1) is 20.5. The number of carbonyl (C=O) groups is 1. The average Bonchev–Trinajstić information content (AvgIpc) is 2.65. The molecule has 1 amide bonds. The van der Waals surface area contributed by atoms with Crippen LogP contribution in [0.4, 0.5) is 0 Å². The highest BCUT2D eigenvalue weighted by molar-refractivity contribution is 7.86. The largest absolute Gasteiger partial charge is 0.497 e. The van der Waals surface area contributed by atoms with Crippen LogP contribution in [0, 0.1) is 5.92 Å². The zero-order valence-electron chi connectivity index (χ0n) is 15.5. The molecule has 1 fully saturated rings. The number of nitrogens with zero attached hydrogens (tertiary/aromatic N) is 2. The number of carbonyl (C=O) groups excluding carboxylic acids is 1. The maximum atomic E-state index is 12.2. The number of hydrogen-bond acceptors (Lipinski definition) is 5. The van der Waals surface area contributed by atoms with Gasteiger partial charge in [0.2, 0.25) is 5.91 Å².